The van der Waals surface area contributed by atoms with E-state index < -0.39 is 33.6 Å². The molecular formula is C19H17N7O7. The molecule has 2 aromatic carbocycles. The Morgan fingerprint density at radius 2 is 1.27 bits per heavy atom. The predicted octanol–water partition coefficient (Wildman–Crippen LogP) is 0.608. The van der Waals surface area contributed by atoms with Gasteiger partial charge >= 0.3 is 0 Å². The Bertz CT molecular complexity index is 1070. The molecule has 0 saturated heterocycles. The summed E-state index contributed by atoms with van der Waals surface area (Å²) in [5.41, 5.74) is 4.37. The number of hydrogen-bond donors (Lipinski definition) is 3. The molecule has 0 saturated carbocycles. The Morgan fingerprint density at radius 1 is 0.848 bits per heavy atom. The molecule has 33 heavy (non-hydrogen) atoms. The van der Waals surface area contributed by atoms with Crippen LogP contribution in [0.2, 0.25) is 0 Å². The predicted molar refractivity (Wildman–Crippen MR) is 115 cm³/mol. The molecule has 0 unspecified atom stereocenters. The second-order valence-corrected chi connectivity index (χ2v) is 6.31. The summed E-state index contributed by atoms with van der Waals surface area (Å²) in [4.78, 5) is 56.4. The molecule has 3 N–H and O–H groups in total. The summed E-state index contributed by atoms with van der Waals surface area (Å²) in [5.74, 6) is -2.69. The van der Waals surface area contributed by atoms with E-state index in [1.165, 1.54) is 48.5 Å². The van der Waals surface area contributed by atoms with Crippen molar-refractivity contribution in [3.8, 4) is 0 Å². The summed E-state index contributed by atoms with van der Waals surface area (Å²) in [6, 6.07) is 9.15. The van der Waals surface area contributed by atoms with Crippen molar-refractivity contribution >= 4 is 41.5 Å². The number of non-ortho nitro benzene ring substituents is 2. The maximum atomic E-state index is 12.3. The van der Waals surface area contributed by atoms with Crippen molar-refractivity contribution in [1.29, 1.82) is 0 Å². The second kappa shape index (κ2) is 11.4. The lowest BCUT2D eigenvalue weighted by Gasteiger charge is -2.13. The van der Waals surface area contributed by atoms with E-state index in [2.05, 4.69) is 26.4 Å². The summed E-state index contributed by atoms with van der Waals surface area (Å²) in [7, 11) is 0. The van der Waals surface area contributed by atoms with Gasteiger partial charge < -0.3 is 5.32 Å². The molecule has 0 aliphatic rings. The standard InChI is InChI=1S/C19H17N7O7/c1-12(27)22-17(18(28)23-20-10-13-4-2-6-15(8-13)25(30)31)19(29)24-21-11-14-5-3-7-16(9-14)26(32)33/h2-11,17H,1H3,(H,22,27)(H,23,28)(H,24,29)/b20-10+,21-11+. The number of nitro benzene ring substituents is 2. The van der Waals surface area contributed by atoms with Crippen molar-refractivity contribution in [3.63, 3.8) is 0 Å². The van der Waals surface area contributed by atoms with Gasteiger partial charge in [-0.05, 0) is 0 Å². The van der Waals surface area contributed by atoms with Gasteiger partial charge in [0.05, 0.1) is 22.3 Å². The monoisotopic (exact) mass is 455 g/mol. The Labute approximate surface area is 185 Å². The lowest BCUT2D eigenvalue weighted by atomic mass is 10.2. The fraction of sp³-hybridized carbons (Fsp3) is 0.105. The van der Waals surface area contributed by atoms with E-state index in [1.807, 2.05) is 0 Å². The van der Waals surface area contributed by atoms with Crippen molar-refractivity contribution in [3.05, 3.63) is 79.9 Å². The summed E-state index contributed by atoms with van der Waals surface area (Å²) in [6.45, 7) is 1.09. The molecule has 14 nitrogen and oxygen atoms in total. The van der Waals surface area contributed by atoms with Gasteiger partial charge in [-0.1, -0.05) is 24.3 Å². The highest BCUT2D eigenvalue weighted by molar-refractivity contribution is 6.07. The molecule has 0 radical (unpaired) electrons. The Kier molecular flexibility index (Phi) is 8.38. The van der Waals surface area contributed by atoms with Crippen molar-refractivity contribution < 1.29 is 24.2 Å². The van der Waals surface area contributed by atoms with Gasteiger partial charge in [0.1, 0.15) is 0 Å². The maximum Gasteiger partial charge on any atom is 0.272 e. The fourth-order valence-electron chi connectivity index (χ4n) is 2.36. The van der Waals surface area contributed by atoms with Gasteiger partial charge in [0.15, 0.2) is 6.04 Å². The quantitative estimate of drug-likeness (QED) is 0.213. The van der Waals surface area contributed by atoms with E-state index in [1.54, 1.807) is 0 Å². The number of carbonyl (C=O) groups is 3. The van der Waals surface area contributed by atoms with Crippen LogP contribution < -0.4 is 16.2 Å². The smallest absolute Gasteiger partial charge is 0.272 e. The third-order valence-electron chi connectivity index (χ3n) is 3.81. The van der Waals surface area contributed by atoms with Crippen LogP contribution in [0.5, 0.6) is 0 Å². The van der Waals surface area contributed by atoms with Gasteiger partial charge in [-0.15, -0.1) is 0 Å². The van der Waals surface area contributed by atoms with Crippen LogP contribution in [0.1, 0.15) is 18.1 Å². The number of nitro groups is 2. The zero-order chi connectivity index (χ0) is 24.4. The van der Waals surface area contributed by atoms with Crippen LogP contribution in [0, 0.1) is 20.2 Å². The minimum Gasteiger partial charge on any atom is -0.337 e. The van der Waals surface area contributed by atoms with E-state index in [4.69, 9.17) is 0 Å². The molecule has 3 amide bonds. The molecular weight excluding hydrogens is 438 g/mol. The fourth-order valence-corrected chi connectivity index (χ4v) is 2.36. The Hall–Kier alpha value is -5.01. The minimum atomic E-state index is -1.70. The summed E-state index contributed by atoms with van der Waals surface area (Å²) >= 11 is 0. The van der Waals surface area contributed by atoms with E-state index in [0.29, 0.717) is 11.1 Å². The SMILES string of the molecule is CC(=O)NC(C(=O)N/N=C/c1cccc([N+](=O)[O-])c1)C(=O)N/N=C/c1cccc([N+](=O)[O-])c1. The Morgan fingerprint density at radius 3 is 1.64 bits per heavy atom. The summed E-state index contributed by atoms with van der Waals surface area (Å²) in [5, 5.41) is 31.0. The first kappa shape index (κ1) is 24.3. The molecule has 0 aliphatic heterocycles. The van der Waals surface area contributed by atoms with Gasteiger partial charge in [0.25, 0.3) is 23.2 Å². The van der Waals surface area contributed by atoms with Crippen LogP contribution in [-0.2, 0) is 14.4 Å². The average molecular weight is 455 g/mol. The molecule has 0 fully saturated rings. The molecule has 2 aromatic rings. The van der Waals surface area contributed by atoms with Crippen molar-refractivity contribution in [2.45, 2.75) is 13.0 Å². The first-order chi connectivity index (χ1) is 15.7. The van der Waals surface area contributed by atoms with Gasteiger partial charge in [-0.2, -0.15) is 10.2 Å². The number of hydrogen-bond acceptors (Lipinski definition) is 9. The topological polar surface area (TPSA) is 198 Å². The maximum absolute atomic E-state index is 12.3. The lowest BCUT2D eigenvalue weighted by molar-refractivity contribution is -0.385. The summed E-state index contributed by atoms with van der Waals surface area (Å²) < 4.78 is 0. The zero-order valence-electron chi connectivity index (χ0n) is 17.0. The lowest BCUT2D eigenvalue weighted by Crippen LogP contribution is -2.53. The van der Waals surface area contributed by atoms with Crippen LogP contribution in [0.4, 0.5) is 11.4 Å². The van der Waals surface area contributed by atoms with Gasteiger partial charge in [-0.3, -0.25) is 34.6 Å². The number of nitrogens with one attached hydrogen (secondary N) is 3. The largest absolute Gasteiger partial charge is 0.337 e. The number of amides is 3. The number of benzene rings is 2. The van der Waals surface area contributed by atoms with E-state index in [0.717, 1.165) is 19.4 Å². The van der Waals surface area contributed by atoms with Crippen LogP contribution >= 0.6 is 0 Å². The van der Waals surface area contributed by atoms with Crippen molar-refractivity contribution in [1.82, 2.24) is 16.2 Å². The third-order valence-corrected chi connectivity index (χ3v) is 3.81. The number of carbonyl (C=O) groups excluding carboxylic acids is 3. The first-order valence-corrected chi connectivity index (χ1v) is 9.09. The van der Waals surface area contributed by atoms with E-state index in [9.17, 15) is 34.6 Å². The molecule has 0 spiro atoms. The van der Waals surface area contributed by atoms with Crippen LogP contribution in [0.3, 0.4) is 0 Å². The second-order valence-electron chi connectivity index (χ2n) is 6.31. The molecule has 0 atom stereocenters. The highest BCUT2D eigenvalue weighted by Crippen LogP contribution is 2.12. The average Bonchev–Trinajstić information content (AvgIpc) is 2.77. The molecule has 0 heterocycles. The number of hydrazone groups is 2. The first-order valence-electron chi connectivity index (χ1n) is 9.09. The van der Waals surface area contributed by atoms with Gasteiger partial charge in [0.2, 0.25) is 5.91 Å². The number of nitrogens with zero attached hydrogens (tertiary/aromatic N) is 4. The van der Waals surface area contributed by atoms with Gasteiger partial charge in [-0.25, -0.2) is 10.9 Å². The van der Waals surface area contributed by atoms with Crippen LogP contribution in [0.15, 0.2) is 58.7 Å². The molecule has 14 heteroatoms. The van der Waals surface area contributed by atoms with Crippen LogP contribution in [-0.4, -0.2) is 46.0 Å². The number of rotatable bonds is 9. The van der Waals surface area contributed by atoms with Crippen LogP contribution in [0.25, 0.3) is 0 Å². The Balaban J connectivity index is 2.04. The molecule has 2 rings (SSSR count). The zero-order valence-corrected chi connectivity index (χ0v) is 17.0. The highest BCUT2D eigenvalue weighted by Gasteiger charge is 2.27. The van der Waals surface area contributed by atoms with Crippen molar-refractivity contribution in [2.24, 2.45) is 10.2 Å². The normalized spacial score (nSPS) is 10.8. The van der Waals surface area contributed by atoms with E-state index in [-0.39, 0.29) is 11.4 Å². The molecule has 0 bridgehead atoms. The third kappa shape index (κ3) is 7.63. The molecule has 0 aromatic heterocycles. The minimum absolute atomic E-state index is 0.178. The van der Waals surface area contributed by atoms with E-state index >= 15 is 0 Å². The van der Waals surface area contributed by atoms with Crippen molar-refractivity contribution in [2.75, 3.05) is 0 Å². The van der Waals surface area contributed by atoms with Gasteiger partial charge in [0, 0.05) is 42.3 Å². The highest BCUT2D eigenvalue weighted by atomic mass is 16.6. The molecule has 0 aliphatic carbocycles. The molecule has 170 valence electrons. The summed E-state index contributed by atoms with van der Waals surface area (Å²) in [6.07, 6.45) is 2.24.